The van der Waals surface area contributed by atoms with Gasteiger partial charge in [0.15, 0.2) is 17.4 Å². The monoisotopic (exact) mass is 571 g/mol. The number of hydrogen-bond donors (Lipinski definition) is 1. The SMILES string of the molecule is CC1(C)OC[C@@H](COc2nccc(NC(=O)N3c4nc(-c5cccc(C(F)(F)F)c5)ncc4N4CCC[C@H]3C4)n2)O1. The van der Waals surface area contributed by atoms with Crippen molar-refractivity contribution in [2.24, 2.45) is 0 Å². The number of fused-ring (bicyclic) bond motifs is 4. The summed E-state index contributed by atoms with van der Waals surface area (Å²) in [5, 5.41) is 2.80. The van der Waals surface area contributed by atoms with E-state index < -0.39 is 23.6 Å². The molecule has 2 atom stereocenters. The van der Waals surface area contributed by atoms with E-state index in [1.54, 1.807) is 6.20 Å². The van der Waals surface area contributed by atoms with Crippen LogP contribution in [0.15, 0.2) is 42.7 Å². The van der Waals surface area contributed by atoms with E-state index in [4.69, 9.17) is 14.2 Å². The van der Waals surface area contributed by atoms with Crippen LogP contribution < -0.4 is 19.9 Å². The number of hydrogen-bond acceptors (Lipinski definition) is 9. The summed E-state index contributed by atoms with van der Waals surface area (Å²) in [6.07, 6.45) is -0.159. The number of halogens is 3. The quantitative estimate of drug-likeness (QED) is 0.473. The molecule has 1 aromatic carbocycles. The molecule has 11 nitrogen and oxygen atoms in total. The van der Waals surface area contributed by atoms with Crippen molar-refractivity contribution in [1.82, 2.24) is 19.9 Å². The molecule has 2 aromatic heterocycles. The molecule has 3 aromatic rings. The number of amides is 2. The number of carbonyl (C=O) groups is 1. The summed E-state index contributed by atoms with van der Waals surface area (Å²) in [7, 11) is 0. The van der Waals surface area contributed by atoms with Crippen LogP contribution in [0.25, 0.3) is 11.4 Å². The van der Waals surface area contributed by atoms with Crippen molar-refractivity contribution in [3.8, 4) is 17.4 Å². The fraction of sp³-hybridized carbons (Fsp3) is 0.444. The Hall–Kier alpha value is -4.04. The van der Waals surface area contributed by atoms with Gasteiger partial charge in [0.05, 0.1) is 30.1 Å². The summed E-state index contributed by atoms with van der Waals surface area (Å²) in [4.78, 5) is 34.7. The Bertz CT molecular complexity index is 1450. The van der Waals surface area contributed by atoms with Gasteiger partial charge in [0.1, 0.15) is 18.5 Å². The molecule has 5 heterocycles. The van der Waals surface area contributed by atoms with Gasteiger partial charge in [-0.15, -0.1) is 0 Å². The summed E-state index contributed by atoms with van der Waals surface area (Å²) >= 11 is 0. The van der Waals surface area contributed by atoms with Crippen LogP contribution in [0.2, 0.25) is 0 Å². The normalized spacial score (nSPS) is 21.4. The Morgan fingerprint density at radius 1 is 1.22 bits per heavy atom. The van der Waals surface area contributed by atoms with E-state index in [0.717, 1.165) is 31.5 Å². The number of benzene rings is 1. The molecular formula is C27H28F3N7O4. The van der Waals surface area contributed by atoms with Gasteiger partial charge >= 0.3 is 18.2 Å². The van der Waals surface area contributed by atoms with Gasteiger partial charge in [0, 0.05) is 24.8 Å². The fourth-order valence-corrected chi connectivity index (χ4v) is 5.22. The molecule has 41 heavy (non-hydrogen) atoms. The Labute approximate surface area is 233 Å². The van der Waals surface area contributed by atoms with Gasteiger partial charge in [-0.25, -0.2) is 19.7 Å². The van der Waals surface area contributed by atoms with Crippen molar-refractivity contribution >= 4 is 23.4 Å². The van der Waals surface area contributed by atoms with Gasteiger partial charge < -0.3 is 19.1 Å². The maximum Gasteiger partial charge on any atom is 0.416 e. The first-order valence-electron chi connectivity index (χ1n) is 13.2. The molecule has 0 saturated carbocycles. The summed E-state index contributed by atoms with van der Waals surface area (Å²) in [6.45, 7) is 5.54. The third-order valence-corrected chi connectivity index (χ3v) is 7.08. The molecule has 3 aliphatic rings. The molecule has 2 saturated heterocycles. The van der Waals surface area contributed by atoms with E-state index in [-0.39, 0.29) is 42.0 Å². The molecule has 2 fully saturated rings. The first-order chi connectivity index (χ1) is 19.6. The van der Waals surface area contributed by atoms with Crippen LogP contribution >= 0.6 is 0 Å². The molecule has 3 aliphatic heterocycles. The minimum atomic E-state index is -4.51. The summed E-state index contributed by atoms with van der Waals surface area (Å²) in [6, 6.07) is 5.74. The van der Waals surface area contributed by atoms with E-state index >= 15 is 0 Å². The standard InChI is InChI=1S/C27H28F3N7O4/c1-26(2)40-15-19(41-26)14-39-24-31-9-8-21(33-24)34-25(38)37-18-7-4-10-36(13-18)20-12-32-22(35-23(20)37)16-5-3-6-17(11-16)27(28,29)30/h3,5-6,8-9,11-12,18-19H,4,7,10,13-15H2,1-2H3,(H,31,33,34,38)/t18-,19+/m0/s1. The molecule has 6 rings (SSSR count). The smallest absolute Gasteiger partial charge is 0.416 e. The number of alkyl halides is 3. The minimum absolute atomic E-state index is 0.0631. The average Bonchev–Trinajstić information content (AvgIpc) is 3.30. The predicted molar refractivity (Wildman–Crippen MR) is 142 cm³/mol. The van der Waals surface area contributed by atoms with Crippen LogP contribution in [0.5, 0.6) is 6.01 Å². The maximum atomic E-state index is 13.7. The van der Waals surface area contributed by atoms with Crippen molar-refractivity contribution in [3.63, 3.8) is 0 Å². The Balaban J connectivity index is 1.24. The van der Waals surface area contributed by atoms with Crippen LogP contribution in [0, 0.1) is 0 Å². The number of ether oxygens (including phenoxy) is 3. The number of rotatable bonds is 5. The highest BCUT2D eigenvalue weighted by molar-refractivity contribution is 6.04. The van der Waals surface area contributed by atoms with Gasteiger partial charge in [-0.3, -0.25) is 10.2 Å². The van der Waals surface area contributed by atoms with Crippen molar-refractivity contribution in [3.05, 3.63) is 48.3 Å². The number of nitrogens with one attached hydrogen (secondary N) is 1. The lowest BCUT2D eigenvalue weighted by Crippen LogP contribution is -2.56. The number of carbonyl (C=O) groups excluding carboxylic acids is 1. The van der Waals surface area contributed by atoms with Gasteiger partial charge in [-0.2, -0.15) is 18.2 Å². The fourth-order valence-electron chi connectivity index (χ4n) is 5.22. The molecule has 0 spiro atoms. The zero-order valence-electron chi connectivity index (χ0n) is 22.4. The molecule has 0 radical (unpaired) electrons. The summed E-state index contributed by atoms with van der Waals surface area (Å²) in [5.74, 6) is -0.0506. The highest BCUT2D eigenvalue weighted by Gasteiger charge is 2.39. The largest absolute Gasteiger partial charge is 0.461 e. The highest BCUT2D eigenvalue weighted by Crippen LogP contribution is 2.39. The van der Waals surface area contributed by atoms with Crippen molar-refractivity contribution in [2.75, 3.05) is 41.4 Å². The zero-order chi connectivity index (χ0) is 28.8. The minimum Gasteiger partial charge on any atom is -0.461 e. The molecule has 1 N–H and O–H groups in total. The van der Waals surface area contributed by atoms with Gasteiger partial charge in [0.25, 0.3) is 0 Å². The molecule has 0 aliphatic carbocycles. The van der Waals surface area contributed by atoms with Crippen molar-refractivity contribution in [2.45, 2.75) is 50.8 Å². The van der Waals surface area contributed by atoms with Crippen molar-refractivity contribution < 1.29 is 32.2 Å². The number of nitrogens with zero attached hydrogens (tertiary/aromatic N) is 6. The van der Waals surface area contributed by atoms with Crippen LogP contribution in [0.4, 0.5) is 35.3 Å². The van der Waals surface area contributed by atoms with Crippen molar-refractivity contribution in [1.29, 1.82) is 0 Å². The number of piperidine rings is 1. The lowest BCUT2D eigenvalue weighted by Gasteiger charge is -2.45. The van der Waals surface area contributed by atoms with Crippen LogP contribution in [-0.4, -0.2) is 70.2 Å². The third-order valence-electron chi connectivity index (χ3n) is 7.08. The maximum absolute atomic E-state index is 13.7. The molecule has 14 heteroatoms. The zero-order valence-corrected chi connectivity index (χ0v) is 22.4. The first-order valence-corrected chi connectivity index (χ1v) is 13.2. The van der Waals surface area contributed by atoms with E-state index in [0.29, 0.717) is 24.7 Å². The second kappa shape index (κ2) is 10.4. The third kappa shape index (κ3) is 5.75. The summed E-state index contributed by atoms with van der Waals surface area (Å²) < 4.78 is 56.9. The lowest BCUT2D eigenvalue weighted by molar-refractivity contribution is -0.141. The second-order valence-corrected chi connectivity index (χ2v) is 10.5. The second-order valence-electron chi connectivity index (χ2n) is 10.5. The average molecular weight is 572 g/mol. The van der Waals surface area contributed by atoms with Gasteiger partial charge in [-0.05, 0) is 44.9 Å². The molecule has 2 bridgehead atoms. The number of urea groups is 1. The molecular weight excluding hydrogens is 543 g/mol. The summed E-state index contributed by atoms with van der Waals surface area (Å²) in [5.41, 5.74) is 0.0376. The van der Waals surface area contributed by atoms with E-state index in [1.807, 2.05) is 13.8 Å². The predicted octanol–water partition coefficient (Wildman–Crippen LogP) is 4.50. The van der Waals surface area contributed by atoms with E-state index in [9.17, 15) is 18.0 Å². The Morgan fingerprint density at radius 3 is 2.85 bits per heavy atom. The Kier molecular flexibility index (Phi) is 6.90. The lowest BCUT2D eigenvalue weighted by atomic mass is 10.0. The highest BCUT2D eigenvalue weighted by atomic mass is 19.4. The van der Waals surface area contributed by atoms with E-state index in [1.165, 1.54) is 29.3 Å². The number of anilines is 3. The number of aromatic nitrogens is 4. The van der Waals surface area contributed by atoms with E-state index in [2.05, 4.69) is 30.2 Å². The first kappa shape index (κ1) is 27.1. The van der Waals surface area contributed by atoms with Crippen LogP contribution in [-0.2, 0) is 15.7 Å². The van der Waals surface area contributed by atoms with Gasteiger partial charge in [-0.1, -0.05) is 12.1 Å². The van der Waals surface area contributed by atoms with Gasteiger partial charge in [0.2, 0.25) is 0 Å². The van der Waals surface area contributed by atoms with Crippen LogP contribution in [0.3, 0.4) is 0 Å². The molecule has 0 unspecified atom stereocenters. The topological polar surface area (TPSA) is 115 Å². The Morgan fingerprint density at radius 2 is 2.07 bits per heavy atom. The van der Waals surface area contributed by atoms with Crippen LogP contribution in [0.1, 0.15) is 32.3 Å². The molecule has 2 amide bonds. The molecule has 216 valence electrons.